The summed E-state index contributed by atoms with van der Waals surface area (Å²) in [7, 11) is -3.33. The number of aromatic nitrogens is 1. The Morgan fingerprint density at radius 2 is 1.52 bits per heavy atom. The third kappa shape index (κ3) is 4.70. The molecule has 0 aliphatic carbocycles. The minimum atomic E-state index is -3.33. The number of halogens is 1. The summed E-state index contributed by atoms with van der Waals surface area (Å²) in [5.41, 5.74) is 2.53. The number of nitrogens with one attached hydrogen (secondary N) is 1. The second kappa shape index (κ2) is 8.41. The molecule has 0 unspecified atom stereocenters. The number of amides is 1. The molecule has 1 amide bonds. The summed E-state index contributed by atoms with van der Waals surface area (Å²) in [6, 6.07) is 21.3. The van der Waals surface area contributed by atoms with Gasteiger partial charge >= 0.3 is 0 Å². The molecule has 1 heterocycles. The van der Waals surface area contributed by atoms with Crippen molar-refractivity contribution in [3.8, 4) is 21.7 Å². The maximum absolute atomic E-state index is 13.4. The molecule has 3 aromatic carbocycles. The van der Waals surface area contributed by atoms with E-state index in [0.29, 0.717) is 27.4 Å². The molecular formula is C23H17FN2O3S2. The first-order valence-electron chi connectivity index (χ1n) is 9.25. The molecule has 0 aliphatic rings. The number of carbonyl (C=O) groups is 1. The van der Waals surface area contributed by atoms with E-state index in [2.05, 4.69) is 10.3 Å². The molecular weight excluding hydrogens is 435 g/mol. The number of carbonyl (C=O) groups excluding carboxylic acids is 1. The molecule has 156 valence electrons. The number of hydrogen-bond donors (Lipinski definition) is 1. The first-order chi connectivity index (χ1) is 14.8. The normalized spacial score (nSPS) is 11.3. The number of hydrogen-bond acceptors (Lipinski definition) is 5. The molecule has 0 spiro atoms. The van der Waals surface area contributed by atoms with Gasteiger partial charge in [-0.1, -0.05) is 30.3 Å². The van der Waals surface area contributed by atoms with Gasteiger partial charge in [0.1, 0.15) is 5.82 Å². The third-order valence-corrected chi connectivity index (χ3v) is 6.75. The lowest BCUT2D eigenvalue weighted by atomic mass is 10.1. The second-order valence-corrected chi connectivity index (χ2v) is 9.84. The Hall–Kier alpha value is -3.36. The molecule has 4 rings (SSSR count). The van der Waals surface area contributed by atoms with Gasteiger partial charge in [0.2, 0.25) is 0 Å². The zero-order chi connectivity index (χ0) is 22.0. The van der Waals surface area contributed by atoms with Crippen LogP contribution in [0.5, 0.6) is 0 Å². The van der Waals surface area contributed by atoms with Crippen molar-refractivity contribution < 1.29 is 17.6 Å². The Labute approximate surface area is 183 Å². The van der Waals surface area contributed by atoms with Gasteiger partial charge in [-0.25, -0.2) is 17.8 Å². The lowest BCUT2D eigenvalue weighted by molar-refractivity contribution is 0.102. The van der Waals surface area contributed by atoms with E-state index >= 15 is 0 Å². The molecule has 0 aliphatic heterocycles. The molecule has 1 N–H and O–H groups in total. The summed E-state index contributed by atoms with van der Waals surface area (Å²) >= 11 is 1.19. The van der Waals surface area contributed by atoms with Gasteiger partial charge in [-0.2, -0.15) is 0 Å². The number of sulfone groups is 1. The third-order valence-electron chi connectivity index (χ3n) is 4.52. The first kappa shape index (κ1) is 20.9. The second-order valence-electron chi connectivity index (χ2n) is 6.82. The first-order valence-corrected chi connectivity index (χ1v) is 12.0. The molecule has 1 aromatic heterocycles. The highest BCUT2D eigenvalue weighted by Gasteiger charge is 2.20. The van der Waals surface area contributed by atoms with Crippen molar-refractivity contribution in [2.45, 2.75) is 4.90 Å². The van der Waals surface area contributed by atoms with Crippen LogP contribution in [0.25, 0.3) is 21.7 Å². The van der Waals surface area contributed by atoms with Crippen LogP contribution < -0.4 is 5.32 Å². The minimum absolute atomic E-state index is 0.200. The van der Waals surface area contributed by atoms with Crippen molar-refractivity contribution in [3.05, 3.63) is 89.7 Å². The summed E-state index contributed by atoms with van der Waals surface area (Å²) in [5, 5.41) is 3.05. The van der Waals surface area contributed by atoms with Crippen LogP contribution >= 0.6 is 11.3 Å². The number of nitrogens with zero attached hydrogens (tertiary/aromatic N) is 1. The van der Waals surface area contributed by atoms with Crippen LogP contribution in [0.4, 0.5) is 10.1 Å². The number of benzene rings is 3. The van der Waals surface area contributed by atoms with Crippen LogP contribution in [-0.2, 0) is 9.84 Å². The van der Waals surface area contributed by atoms with Crippen molar-refractivity contribution in [2.75, 3.05) is 11.6 Å². The molecule has 0 radical (unpaired) electrons. The fourth-order valence-corrected chi connectivity index (χ4v) is 4.59. The smallest absolute Gasteiger partial charge is 0.284 e. The van der Waals surface area contributed by atoms with E-state index in [4.69, 9.17) is 0 Å². The monoisotopic (exact) mass is 452 g/mol. The molecule has 31 heavy (non-hydrogen) atoms. The van der Waals surface area contributed by atoms with Crippen molar-refractivity contribution in [3.63, 3.8) is 0 Å². The molecule has 0 atom stereocenters. The Kier molecular flexibility index (Phi) is 5.67. The quantitative estimate of drug-likeness (QED) is 0.447. The maximum Gasteiger partial charge on any atom is 0.284 e. The maximum atomic E-state index is 13.4. The summed E-state index contributed by atoms with van der Waals surface area (Å²) < 4.78 is 37.0. The van der Waals surface area contributed by atoms with E-state index in [1.165, 1.54) is 35.6 Å². The van der Waals surface area contributed by atoms with E-state index in [0.717, 1.165) is 6.26 Å². The van der Waals surface area contributed by atoms with Crippen LogP contribution in [0.2, 0.25) is 0 Å². The van der Waals surface area contributed by atoms with E-state index in [1.807, 2.05) is 18.2 Å². The van der Waals surface area contributed by atoms with E-state index in [9.17, 15) is 17.6 Å². The van der Waals surface area contributed by atoms with Crippen LogP contribution in [0.15, 0.2) is 83.8 Å². The zero-order valence-electron chi connectivity index (χ0n) is 16.4. The van der Waals surface area contributed by atoms with Crippen LogP contribution in [-0.4, -0.2) is 25.6 Å². The van der Waals surface area contributed by atoms with Crippen LogP contribution in [0, 0.1) is 5.82 Å². The molecule has 5 nitrogen and oxygen atoms in total. The van der Waals surface area contributed by atoms with Crippen molar-refractivity contribution in [1.82, 2.24) is 4.98 Å². The van der Waals surface area contributed by atoms with E-state index in [1.54, 1.807) is 36.4 Å². The molecule has 0 fully saturated rings. The molecule has 8 heteroatoms. The molecule has 0 saturated heterocycles. The Bertz CT molecular complexity index is 1330. The fourth-order valence-electron chi connectivity index (χ4n) is 2.98. The average molecular weight is 453 g/mol. The highest BCUT2D eigenvalue weighted by atomic mass is 32.2. The Balaban J connectivity index is 1.77. The van der Waals surface area contributed by atoms with Gasteiger partial charge in [-0.05, 0) is 54.1 Å². The van der Waals surface area contributed by atoms with Gasteiger partial charge in [0, 0.05) is 17.5 Å². The van der Waals surface area contributed by atoms with Crippen LogP contribution in [0.1, 0.15) is 9.80 Å². The number of anilines is 1. The van der Waals surface area contributed by atoms with Gasteiger partial charge in [-0.15, -0.1) is 11.3 Å². The highest BCUT2D eigenvalue weighted by Crippen LogP contribution is 2.37. The van der Waals surface area contributed by atoms with E-state index in [-0.39, 0.29) is 21.6 Å². The average Bonchev–Trinajstić information content (AvgIpc) is 3.20. The summed E-state index contributed by atoms with van der Waals surface area (Å²) in [6.07, 6.45) is 1.14. The Morgan fingerprint density at radius 1 is 0.903 bits per heavy atom. The lowest BCUT2D eigenvalue weighted by Gasteiger charge is -2.04. The van der Waals surface area contributed by atoms with Gasteiger partial charge in [0.25, 0.3) is 5.91 Å². The Morgan fingerprint density at radius 3 is 2.13 bits per heavy atom. The fraction of sp³-hybridized carbons (Fsp3) is 0.0435. The largest absolute Gasteiger partial charge is 0.320 e. The lowest BCUT2D eigenvalue weighted by Crippen LogP contribution is -2.11. The zero-order valence-corrected chi connectivity index (χ0v) is 18.0. The van der Waals surface area contributed by atoms with Gasteiger partial charge < -0.3 is 5.32 Å². The SMILES string of the molecule is CS(=O)(=O)c1ccc(-c2sc(C(=O)Nc3ccccc3)nc2-c2ccc(F)cc2)cc1. The van der Waals surface area contributed by atoms with Crippen LogP contribution in [0.3, 0.4) is 0 Å². The van der Waals surface area contributed by atoms with Gasteiger partial charge in [-0.3, -0.25) is 4.79 Å². The van der Waals surface area contributed by atoms with Gasteiger partial charge in [0.05, 0.1) is 15.5 Å². The summed E-state index contributed by atoms with van der Waals surface area (Å²) in [5.74, 6) is -0.737. The highest BCUT2D eigenvalue weighted by molar-refractivity contribution is 7.90. The number of rotatable bonds is 5. The summed E-state index contributed by atoms with van der Waals surface area (Å²) in [4.78, 5) is 18.2. The van der Waals surface area contributed by atoms with Gasteiger partial charge in [0.15, 0.2) is 14.8 Å². The van der Waals surface area contributed by atoms with Crippen molar-refractivity contribution >= 4 is 32.8 Å². The van der Waals surface area contributed by atoms with Crippen molar-refractivity contribution in [2.24, 2.45) is 0 Å². The molecule has 0 saturated carbocycles. The number of para-hydroxylation sites is 1. The molecule has 4 aromatic rings. The summed E-state index contributed by atoms with van der Waals surface area (Å²) in [6.45, 7) is 0. The predicted molar refractivity (Wildman–Crippen MR) is 120 cm³/mol. The van der Waals surface area contributed by atoms with E-state index < -0.39 is 9.84 Å². The standard InChI is InChI=1S/C23H17FN2O3S2/c1-31(28,29)19-13-9-16(10-14-19)21-20(15-7-11-17(24)12-8-15)26-23(30-21)22(27)25-18-5-3-2-4-6-18/h2-14H,1H3,(H,25,27). The topological polar surface area (TPSA) is 76.1 Å². The number of thiazole rings is 1. The predicted octanol–water partition coefficient (Wildman–Crippen LogP) is 5.27. The molecule has 0 bridgehead atoms. The minimum Gasteiger partial charge on any atom is -0.320 e. The van der Waals surface area contributed by atoms with Crippen molar-refractivity contribution in [1.29, 1.82) is 0 Å².